The van der Waals surface area contributed by atoms with E-state index in [4.69, 9.17) is 4.74 Å². The van der Waals surface area contributed by atoms with Gasteiger partial charge in [-0.3, -0.25) is 0 Å². The highest BCUT2D eigenvalue weighted by molar-refractivity contribution is 5.68. The van der Waals surface area contributed by atoms with E-state index in [9.17, 15) is 9.18 Å². The molecule has 3 nitrogen and oxygen atoms in total. The fourth-order valence-electron chi connectivity index (χ4n) is 2.41. The lowest BCUT2D eigenvalue weighted by Crippen LogP contribution is -2.35. The minimum atomic E-state index is -0.454. The molecule has 1 fully saturated rings. The number of allylic oxidation sites excluding steroid dienone is 5. The predicted molar refractivity (Wildman–Crippen MR) is 88.3 cm³/mol. The molecule has 1 saturated heterocycles. The van der Waals surface area contributed by atoms with Gasteiger partial charge in [0.1, 0.15) is 5.60 Å². The molecule has 4 heteroatoms. The summed E-state index contributed by atoms with van der Waals surface area (Å²) < 4.78 is 18.1. The van der Waals surface area contributed by atoms with Crippen LogP contribution in [0.5, 0.6) is 0 Å². The second-order valence-corrected chi connectivity index (χ2v) is 6.82. The first kappa shape index (κ1) is 18.5. The van der Waals surface area contributed by atoms with Crippen LogP contribution in [-0.4, -0.2) is 29.7 Å². The molecule has 1 aliphatic heterocycles. The molecule has 0 aromatic carbocycles. The minimum Gasteiger partial charge on any atom is -0.444 e. The summed E-state index contributed by atoms with van der Waals surface area (Å²) in [5.41, 5.74) is 0.567. The number of ether oxygens (including phenoxy) is 1. The van der Waals surface area contributed by atoms with Gasteiger partial charge in [0, 0.05) is 13.1 Å². The van der Waals surface area contributed by atoms with E-state index in [1.807, 2.05) is 20.8 Å². The Bertz CT molecular complexity index is 456. The summed E-state index contributed by atoms with van der Waals surface area (Å²) in [7, 11) is 0. The molecule has 1 heterocycles. The van der Waals surface area contributed by atoms with Crippen molar-refractivity contribution in [1.29, 1.82) is 0 Å². The molecular formula is C18H28FNO2. The molecule has 0 spiro atoms. The number of halogens is 1. The number of rotatable bonds is 5. The lowest BCUT2D eigenvalue weighted by molar-refractivity contribution is 0.0287. The Kier molecular flexibility index (Phi) is 6.85. The second-order valence-electron chi connectivity index (χ2n) is 6.82. The van der Waals surface area contributed by atoms with Crippen molar-refractivity contribution in [1.82, 2.24) is 4.90 Å². The molecule has 1 unspecified atom stereocenters. The van der Waals surface area contributed by atoms with Crippen molar-refractivity contribution in [2.45, 2.75) is 52.6 Å². The average molecular weight is 309 g/mol. The zero-order valence-corrected chi connectivity index (χ0v) is 14.2. The van der Waals surface area contributed by atoms with Crippen LogP contribution in [0.1, 0.15) is 47.0 Å². The highest BCUT2D eigenvalue weighted by atomic mass is 19.1. The van der Waals surface area contributed by atoms with Crippen molar-refractivity contribution < 1.29 is 13.9 Å². The van der Waals surface area contributed by atoms with E-state index in [1.54, 1.807) is 17.1 Å². The quantitative estimate of drug-likeness (QED) is 0.668. The molecule has 22 heavy (non-hydrogen) atoms. The summed E-state index contributed by atoms with van der Waals surface area (Å²) in [5, 5.41) is 0. The second kappa shape index (κ2) is 8.16. The van der Waals surface area contributed by atoms with Crippen LogP contribution in [0.2, 0.25) is 0 Å². The molecule has 0 aromatic rings. The van der Waals surface area contributed by atoms with Crippen LogP contribution >= 0.6 is 0 Å². The van der Waals surface area contributed by atoms with Crippen LogP contribution in [0.3, 0.4) is 0 Å². The molecule has 1 amide bonds. The van der Waals surface area contributed by atoms with Crippen molar-refractivity contribution in [3.05, 3.63) is 36.2 Å². The van der Waals surface area contributed by atoms with Crippen LogP contribution < -0.4 is 0 Å². The topological polar surface area (TPSA) is 29.5 Å². The van der Waals surface area contributed by atoms with Gasteiger partial charge in [0.2, 0.25) is 0 Å². The van der Waals surface area contributed by atoms with E-state index in [0.717, 1.165) is 37.9 Å². The van der Waals surface area contributed by atoms with Gasteiger partial charge in [-0.25, -0.2) is 9.18 Å². The van der Waals surface area contributed by atoms with Crippen molar-refractivity contribution in [2.75, 3.05) is 13.1 Å². The third-order valence-corrected chi connectivity index (χ3v) is 3.57. The average Bonchev–Trinajstić information content (AvgIpc) is 2.85. The van der Waals surface area contributed by atoms with Gasteiger partial charge >= 0.3 is 6.09 Å². The van der Waals surface area contributed by atoms with E-state index in [1.165, 1.54) is 13.0 Å². The normalized spacial score (nSPS) is 20.2. The smallest absolute Gasteiger partial charge is 0.410 e. The number of amides is 1. The number of hydrogen-bond acceptors (Lipinski definition) is 2. The molecule has 0 saturated carbocycles. The zero-order valence-electron chi connectivity index (χ0n) is 14.2. The molecule has 0 N–H and O–H groups in total. The molecule has 124 valence electrons. The van der Waals surface area contributed by atoms with E-state index in [-0.39, 0.29) is 11.9 Å². The van der Waals surface area contributed by atoms with Crippen LogP contribution in [0.4, 0.5) is 9.18 Å². The maximum Gasteiger partial charge on any atom is 0.410 e. The first-order valence-corrected chi connectivity index (χ1v) is 7.84. The molecule has 0 bridgehead atoms. The standard InChI is InChI=1S/C18H28FNO2/c1-6-15(8-7-14(2)19)9-10-16-11-12-20(13-16)17(21)22-18(3,4)5/h6-8,16H,1,9-13H2,2-5H3/b14-7+,15-8+. The SMILES string of the molecule is C=C/C(=C\C=C(/C)F)CCC1CCN(C(=O)OC(C)(C)C)C1. The van der Waals surface area contributed by atoms with Gasteiger partial charge in [0.25, 0.3) is 0 Å². The lowest BCUT2D eigenvalue weighted by atomic mass is 9.98. The fraction of sp³-hybridized carbons (Fsp3) is 0.611. The van der Waals surface area contributed by atoms with E-state index >= 15 is 0 Å². The lowest BCUT2D eigenvalue weighted by Gasteiger charge is -2.24. The Balaban J connectivity index is 2.44. The molecule has 1 atom stereocenters. The zero-order chi connectivity index (χ0) is 16.8. The maximum atomic E-state index is 12.7. The van der Waals surface area contributed by atoms with Gasteiger partial charge in [-0.2, -0.15) is 0 Å². The van der Waals surface area contributed by atoms with Gasteiger partial charge < -0.3 is 9.64 Å². The Morgan fingerprint density at radius 1 is 1.41 bits per heavy atom. The van der Waals surface area contributed by atoms with Gasteiger partial charge in [-0.15, -0.1) is 0 Å². The summed E-state index contributed by atoms with van der Waals surface area (Å²) in [6, 6.07) is 0. The Labute approximate surface area is 133 Å². The number of likely N-dealkylation sites (tertiary alicyclic amines) is 1. The van der Waals surface area contributed by atoms with Crippen LogP contribution in [0.25, 0.3) is 0 Å². The van der Waals surface area contributed by atoms with Gasteiger partial charge in [0.05, 0.1) is 5.83 Å². The van der Waals surface area contributed by atoms with Crippen molar-refractivity contribution in [3.8, 4) is 0 Å². The molecule has 0 aliphatic carbocycles. The van der Waals surface area contributed by atoms with Gasteiger partial charge in [-0.05, 0) is 64.5 Å². The Morgan fingerprint density at radius 2 is 2.09 bits per heavy atom. The molecule has 1 rings (SSSR count). The van der Waals surface area contributed by atoms with E-state index in [0.29, 0.717) is 5.92 Å². The van der Waals surface area contributed by atoms with Crippen molar-refractivity contribution in [3.63, 3.8) is 0 Å². The van der Waals surface area contributed by atoms with Crippen LogP contribution in [0.15, 0.2) is 36.2 Å². The van der Waals surface area contributed by atoms with Crippen molar-refractivity contribution >= 4 is 6.09 Å². The number of carbonyl (C=O) groups is 1. The van der Waals surface area contributed by atoms with Crippen LogP contribution in [-0.2, 0) is 4.74 Å². The number of nitrogens with zero attached hydrogens (tertiary/aromatic N) is 1. The largest absolute Gasteiger partial charge is 0.444 e. The Hall–Kier alpha value is -1.58. The highest BCUT2D eigenvalue weighted by Gasteiger charge is 2.29. The summed E-state index contributed by atoms with van der Waals surface area (Å²) in [5.74, 6) is 0.252. The van der Waals surface area contributed by atoms with Crippen LogP contribution in [0, 0.1) is 5.92 Å². The summed E-state index contributed by atoms with van der Waals surface area (Å²) in [6.07, 6.45) is 7.56. The first-order valence-electron chi connectivity index (χ1n) is 7.84. The molecule has 0 aromatic heterocycles. The minimum absolute atomic E-state index is 0.212. The molecular weight excluding hydrogens is 281 g/mol. The van der Waals surface area contributed by atoms with Gasteiger partial charge in [-0.1, -0.05) is 18.7 Å². The molecule has 0 radical (unpaired) electrons. The first-order chi connectivity index (χ1) is 10.2. The number of carbonyl (C=O) groups excluding carboxylic acids is 1. The predicted octanol–water partition coefficient (Wildman–Crippen LogP) is 5.01. The van der Waals surface area contributed by atoms with E-state index in [2.05, 4.69) is 6.58 Å². The fourth-order valence-corrected chi connectivity index (χ4v) is 2.41. The third kappa shape index (κ3) is 6.92. The highest BCUT2D eigenvalue weighted by Crippen LogP contribution is 2.25. The monoisotopic (exact) mass is 309 g/mol. The maximum absolute atomic E-state index is 12.7. The van der Waals surface area contributed by atoms with E-state index < -0.39 is 5.60 Å². The molecule has 1 aliphatic rings. The Morgan fingerprint density at radius 3 is 2.64 bits per heavy atom. The summed E-state index contributed by atoms with van der Waals surface area (Å²) in [6.45, 7) is 12.3. The van der Waals surface area contributed by atoms with Crippen molar-refractivity contribution in [2.24, 2.45) is 5.92 Å². The summed E-state index contributed by atoms with van der Waals surface area (Å²) in [4.78, 5) is 13.8. The number of hydrogen-bond donors (Lipinski definition) is 0. The third-order valence-electron chi connectivity index (χ3n) is 3.57. The summed E-state index contributed by atoms with van der Waals surface area (Å²) >= 11 is 0. The van der Waals surface area contributed by atoms with Gasteiger partial charge in [0.15, 0.2) is 0 Å².